The van der Waals surface area contributed by atoms with Crippen LogP contribution in [-0.2, 0) is 4.79 Å². The van der Waals surface area contributed by atoms with Crippen molar-refractivity contribution in [1.82, 2.24) is 24.8 Å². The fraction of sp³-hybridized carbons (Fsp3) is 0.774. The molecule has 40 heavy (non-hydrogen) atoms. The summed E-state index contributed by atoms with van der Waals surface area (Å²) in [5.41, 5.74) is 9.11. The second kappa shape index (κ2) is 12.2. The molecule has 2 aromatic heterocycles. The van der Waals surface area contributed by atoms with Gasteiger partial charge in [0.05, 0.1) is 22.6 Å². The molecule has 220 valence electrons. The van der Waals surface area contributed by atoms with Gasteiger partial charge < -0.3 is 15.5 Å². The molecule has 1 aliphatic carbocycles. The summed E-state index contributed by atoms with van der Waals surface area (Å²) < 4.78 is 1.90. The minimum atomic E-state index is -0.116. The third-order valence-corrected chi connectivity index (χ3v) is 11.5. The highest BCUT2D eigenvalue weighted by atomic mass is 32.2. The van der Waals surface area contributed by atoms with E-state index >= 15 is 0 Å². The summed E-state index contributed by atoms with van der Waals surface area (Å²) >= 11 is 1.99. The number of hydrogen-bond acceptors (Lipinski definition) is 7. The minimum Gasteiger partial charge on any atom is -0.355 e. The monoisotopic (exact) mass is 567 g/mol. The molecule has 9 heteroatoms. The zero-order chi connectivity index (χ0) is 27.7. The van der Waals surface area contributed by atoms with Gasteiger partial charge in [0.2, 0.25) is 5.91 Å². The standard InChI is InChI=1S/C31H49N7OS/c1-22-19-38-28(33-29(22)36-17-15-24(32)20-36)18-25(35-38)27-14-10-11-16-37(27)30(39)26-21-40-31(2,34-26)23-12-8-6-4-3-5-7-9-13-23/h18-19,23-24,26-27,34H,3-17,20-21,32H2,1-2H3/t24-,26?,27-,31?/m0/s1. The predicted molar refractivity (Wildman–Crippen MR) is 164 cm³/mol. The van der Waals surface area contributed by atoms with Gasteiger partial charge in [0.1, 0.15) is 5.82 Å². The van der Waals surface area contributed by atoms with Crippen LogP contribution in [0, 0.1) is 12.8 Å². The van der Waals surface area contributed by atoms with Crippen molar-refractivity contribution in [2.75, 3.05) is 30.3 Å². The molecule has 6 rings (SSSR count). The molecule has 0 aromatic carbocycles. The molecule has 4 aliphatic rings. The van der Waals surface area contributed by atoms with E-state index in [9.17, 15) is 4.79 Å². The Bertz CT molecular complexity index is 1180. The van der Waals surface area contributed by atoms with Gasteiger partial charge in [-0.2, -0.15) is 5.10 Å². The van der Waals surface area contributed by atoms with E-state index in [2.05, 4.69) is 41.2 Å². The van der Waals surface area contributed by atoms with Crippen molar-refractivity contribution in [2.24, 2.45) is 11.7 Å². The number of nitrogens with zero attached hydrogens (tertiary/aromatic N) is 5. The Morgan fingerprint density at radius 2 is 1.75 bits per heavy atom. The molecule has 5 heterocycles. The van der Waals surface area contributed by atoms with Crippen LogP contribution in [0.4, 0.5) is 5.82 Å². The van der Waals surface area contributed by atoms with Crippen molar-refractivity contribution < 1.29 is 4.79 Å². The molecule has 1 saturated carbocycles. The van der Waals surface area contributed by atoms with Crippen molar-refractivity contribution in [1.29, 1.82) is 0 Å². The van der Waals surface area contributed by atoms with Crippen molar-refractivity contribution in [3.63, 3.8) is 0 Å². The number of fused-ring (bicyclic) bond motifs is 1. The fourth-order valence-electron chi connectivity index (χ4n) is 7.60. The first-order valence-electron chi connectivity index (χ1n) is 16.0. The Morgan fingerprint density at radius 3 is 2.48 bits per heavy atom. The van der Waals surface area contributed by atoms with E-state index in [1.807, 2.05) is 16.3 Å². The third-order valence-electron chi connectivity index (χ3n) is 9.97. The first-order chi connectivity index (χ1) is 19.4. The first kappa shape index (κ1) is 28.3. The quantitative estimate of drug-likeness (QED) is 0.525. The van der Waals surface area contributed by atoms with Gasteiger partial charge in [-0.25, -0.2) is 9.50 Å². The Labute approximate surface area is 244 Å². The molecule has 4 fully saturated rings. The number of rotatable bonds is 4. The second-order valence-electron chi connectivity index (χ2n) is 13.0. The molecular formula is C31H49N7OS. The molecule has 1 amide bonds. The Hall–Kier alpha value is -1.84. The molecule has 4 atom stereocenters. The molecule has 3 aliphatic heterocycles. The van der Waals surface area contributed by atoms with Crippen LogP contribution in [-0.4, -0.2) is 67.7 Å². The normalized spacial score (nSPS) is 31.2. The smallest absolute Gasteiger partial charge is 0.241 e. The number of nitrogens with one attached hydrogen (secondary N) is 1. The molecule has 0 bridgehead atoms. The summed E-state index contributed by atoms with van der Waals surface area (Å²) in [5.74, 6) is 2.77. The number of aryl methyl sites for hydroxylation is 1. The average Bonchev–Trinajstić information content (AvgIpc) is 3.69. The van der Waals surface area contributed by atoms with Gasteiger partial charge in [-0.3, -0.25) is 10.1 Å². The lowest BCUT2D eigenvalue weighted by Crippen LogP contribution is -2.53. The van der Waals surface area contributed by atoms with Crippen molar-refractivity contribution in [3.8, 4) is 0 Å². The number of thioether (sulfide) groups is 1. The van der Waals surface area contributed by atoms with Gasteiger partial charge in [0.25, 0.3) is 0 Å². The SMILES string of the molecule is Cc1cn2nc([C@@H]3CCCCN3C(=O)C3CSC(C)(C4CCCCCCCCC4)N3)cc2nc1N1CC[C@H](N)C1. The van der Waals surface area contributed by atoms with E-state index in [0.29, 0.717) is 5.92 Å². The third kappa shape index (κ3) is 5.88. The van der Waals surface area contributed by atoms with Gasteiger partial charge >= 0.3 is 0 Å². The lowest BCUT2D eigenvalue weighted by Gasteiger charge is -2.38. The lowest BCUT2D eigenvalue weighted by molar-refractivity contribution is -0.137. The Kier molecular flexibility index (Phi) is 8.61. The molecule has 3 N–H and O–H groups in total. The number of nitrogens with two attached hydrogens (primary N) is 1. The maximum atomic E-state index is 14.1. The summed E-state index contributed by atoms with van der Waals surface area (Å²) in [7, 11) is 0. The molecule has 3 saturated heterocycles. The Morgan fingerprint density at radius 1 is 1.02 bits per heavy atom. The largest absolute Gasteiger partial charge is 0.355 e. The van der Waals surface area contributed by atoms with E-state index in [4.69, 9.17) is 15.8 Å². The highest BCUT2D eigenvalue weighted by Gasteiger charge is 2.45. The van der Waals surface area contributed by atoms with Crippen molar-refractivity contribution >= 4 is 29.1 Å². The van der Waals surface area contributed by atoms with Crippen LogP contribution in [0.15, 0.2) is 12.3 Å². The highest BCUT2D eigenvalue weighted by molar-refractivity contribution is 8.00. The second-order valence-corrected chi connectivity index (χ2v) is 14.5. The number of likely N-dealkylation sites (tertiary alicyclic amines) is 1. The van der Waals surface area contributed by atoms with Crippen LogP contribution in [0.3, 0.4) is 0 Å². The summed E-state index contributed by atoms with van der Waals surface area (Å²) in [6.07, 6.45) is 18.3. The molecule has 0 spiro atoms. The fourth-order valence-corrected chi connectivity index (χ4v) is 9.04. The number of carbonyl (C=O) groups is 1. The number of amides is 1. The summed E-state index contributed by atoms with van der Waals surface area (Å²) in [5, 5.41) is 8.85. The first-order valence-corrected chi connectivity index (χ1v) is 17.0. The summed E-state index contributed by atoms with van der Waals surface area (Å²) in [6.45, 7) is 7.08. The van der Waals surface area contributed by atoms with E-state index in [-0.39, 0.29) is 28.9 Å². The van der Waals surface area contributed by atoms with Crippen molar-refractivity contribution in [3.05, 3.63) is 23.5 Å². The van der Waals surface area contributed by atoms with Crippen molar-refractivity contribution in [2.45, 2.75) is 120 Å². The van der Waals surface area contributed by atoms with Crippen LogP contribution in [0.1, 0.15) is 108 Å². The number of aromatic nitrogens is 3. The zero-order valence-electron chi connectivity index (χ0n) is 24.6. The molecule has 0 radical (unpaired) electrons. The number of anilines is 1. The number of carbonyl (C=O) groups excluding carboxylic acids is 1. The molecule has 2 unspecified atom stereocenters. The summed E-state index contributed by atoms with van der Waals surface area (Å²) in [6, 6.07) is 2.22. The number of piperidine rings is 1. The topological polar surface area (TPSA) is 91.8 Å². The van der Waals surface area contributed by atoms with Gasteiger partial charge in [0, 0.05) is 49.3 Å². The zero-order valence-corrected chi connectivity index (χ0v) is 25.4. The van der Waals surface area contributed by atoms with Crippen LogP contribution in [0.5, 0.6) is 0 Å². The minimum absolute atomic E-state index is 0.0101. The molecular weight excluding hydrogens is 518 g/mol. The van der Waals surface area contributed by atoms with Crippen LogP contribution >= 0.6 is 11.8 Å². The number of hydrogen-bond donors (Lipinski definition) is 2. The van der Waals surface area contributed by atoms with Crippen LogP contribution in [0.25, 0.3) is 5.65 Å². The lowest BCUT2D eigenvalue weighted by atomic mass is 9.86. The van der Waals surface area contributed by atoms with Gasteiger partial charge in [-0.15, -0.1) is 11.8 Å². The molecule has 8 nitrogen and oxygen atoms in total. The van der Waals surface area contributed by atoms with Crippen LogP contribution in [0.2, 0.25) is 0 Å². The van der Waals surface area contributed by atoms with Gasteiger partial charge in [-0.1, -0.05) is 44.9 Å². The predicted octanol–water partition coefficient (Wildman–Crippen LogP) is 5.19. The highest BCUT2D eigenvalue weighted by Crippen LogP contribution is 2.43. The van der Waals surface area contributed by atoms with Crippen LogP contribution < -0.4 is 16.0 Å². The van der Waals surface area contributed by atoms with Gasteiger partial charge in [-0.05, 0) is 58.3 Å². The van der Waals surface area contributed by atoms with E-state index in [0.717, 1.165) is 73.8 Å². The maximum Gasteiger partial charge on any atom is 0.241 e. The average molecular weight is 568 g/mol. The Balaban J connectivity index is 1.17. The van der Waals surface area contributed by atoms with E-state index in [1.54, 1.807) is 0 Å². The van der Waals surface area contributed by atoms with E-state index < -0.39 is 0 Å². The summed E-state index contributed by atoms with van der Waals surface area (Å²) in [4.78, 5) is 23.5. The van der Waals surface area contributed by atoms with E-state index in [1.165, 1.54) is 57.8 Å². The maximum absolute atomic E-state index is 14.1. The molecule has 2 aromatic rings. The van der Waals surface area contributed by atoms with Gasteiger partial charge in [0.15, 0.2) is 5.65 Å².